The standard InChI is InChI=1S/7C2N2.C2H3NO2.CHNO.11CN.CH3O2.CH2O2.5Fe.3H2O/c7*3-1-2-4;3-1-5-2-4;2-1-3;11*1-2;2*2-1-3;;;;;;;;/h;;;;;;;4H,2H2;3H;;;;;;;;;;;;2H,1H2;1H,(H,2,3);;;;;;3*1H2/q;;;;;;;;;12*-1;;;;;2*+5;;;/p-3. The van der Waals surface area contributed by atoms with Crippen LogP contribution in [-0.4, -0.2) is 51.8 Å². The molecule has 0 bridgehead atoms. The third kappa shape index (κ3) is 16600. The van der Waals surface area contributed by atoms with Gasteiger partial charge in [-0.1, -0.05) is 0 Å². The van der Waals surface area contributed by atoms with E-state index in [4.69, 9.17) is 245 Å². The molecular formula is C30H12Fe5N27O10-5. The van der Waals surface area contributed by atoms with Gasteiger partial charge in [-0.3, -0.25) is 0 Å². The summed E-state index contributed by atoms with van der Waals surface area (Å²) in [4.78, 5) is 8.25. The summed E-state index contributed by atoms with van der Waals surface area (Å²) in [7, 11) is 0. The van der Waals surface area contributed by atoms with Crippen molar-refractivity contribution in [3.8, 4) is 97.5 Å². The van der Waals surface area contributed by atoms with Crippen molar-refractivity contribution in [2.45, 2.75) is 0 Å². The van der Waals surface area contributed by atoms with Crippen LogP contribution in [0.3, 0.4) is 0 Å². The van der Waals surface area contributed by atoms with Crippen LogP contribution < -0.4 is 10.2 Å². The van der Waals surface area contributed by atoms with Crippen molar-refractivity contribution in [1.82, 2.24) is 0 Å². The molecule has 0 unspecified atom stereocenters. The Morgan fingerprint density at radius 3 is 0.431 bits per heavy atom. The summed E-state index contributed by atoms with van der Waals surface area (Å²) < 4.78 is 3.69. The minimum absolute atomic E-state index is 0. The molecule has 0 aliphatic rings. The van der Waals surface area contributed by atoms with E-state index >= 15 is 0 Å². The van der Waals surface area contributed by atoms with Gasteiger partial charge < -0.3 is 182 Å². The van der Waals surface area contributed by atoms with Crippen molar-refractivity contribution in [2.75, 3.05) is 13.6 Å². The molecule has 0 aliphatic heterocycles. The van der Waals surface area contributed by atoms with Crippen LogP contribution in [-0.2, 0) is 94.9 Å². The van der Waals surface area contributed by atoms with Crippen LogP contribution in [0.1, 0.15) is 1.43 Å². The van der Waals surface area contributed by atoms with Crippen LogP contribution in [0.5, 0.6) is 0 Å². The van der Waals surface area contributed by atoms with E-state index in [9.17, 15) is 0 Å². The maximum Gasteiger partial charge on any atom is 5.00 e. The summed E-state index contributed by atoms with van der Waals surface area (Å²) in [5.74, 6) is 0. The quantitative estimate of drug-likeness (QED) is 0.0765. The first-order valence-corrected chi connectivity index (χ1v) is 9.90. The number of carbonyl (C=O) groups is 1. The van der Waals surface area contributed by atoms with Gasteiger partial charge in [0.15, 0.2) is 91.8 Å². The zero-order valence-corrected chi connectivity index (χ0v) is 39.2. The van der Waals surface area contributed by atoms with Crippen molar-refractivity contribution in [2.24, 2.45) is 0 Å². The average Bonchev–Trinajstić information content (AvgIpc) is 3.41. The number of hydrogen-bond acceptors (Lipinski definition) is 37. The largest absolute Gasteiger partial charge is 5.00 e. The number of nitriles is 16. The van der Waals surface area contributed by atoms with Crippen molar-refractivity contribution in [3.63, 3.8) is 0 Å². The van der Waals surface area contributed by atoms with Crippen LogP contribution in [0.15, 0.2) is 0 Å². The van der Waals surface area contributed by atoms with E-state index in [-0.39, 0.29) is 103 Å². The number of nitrogens with zero attached hydrogens (tertiary/aromatic N) is 27. The predicted octanol–water partition coefficient (Wildman–Crippen LogP) is -3.20. The topological polar surface area (TPSA) is 865 Å². The van der Waals surface area contributed by atoms with E-state index < -0.39 is 20.1 Å². The van der Waals surface area contributed by atoms with Crippen molar-refractivity contribution in [3.05, 3.63) is 72.3 Å². The SMILES string of the molecule is N#CC#N.N#CC#N.N#CC#N.N#CC#N.N#CC#N.N#CC#N.N#CC#N.N#CO.N#COCO.O=C[O-].[C-]#N.[C-]#N.[C-]#N.[C-]#N.[C-]#N.[C-]#N.[C-]#N.[C-]#N.[C-]#N.[C-]#N.[C-]#N.[Fe+5].[Fe+5].[Fe].[Fe].[Fe].[H+].[O-]CO.[OH-].[OH-].[OH-]. The number of hydrogen-bond donors (Lipinski definition) is 3. The molecule has 37 nitrogen and oxygen atoms in total. The molecule has 0 rings (SSSR count). The third-order valence-corrected chi connectivity index (χ3v) is 0.479. The van der Waals surface area contributed by atoms with Gasteiger partial charge in [0.1, 0.15) is 0 Å². The second kappa shape index (κ2) is 3330. The fourth-order valence-electron chi connectivity index (χ4n) is 0.0289. The molecule has 0 heterocycles. The van der Waals surface area contributed by atoms with E-state index in [1.807, 2.05) is 0 Å². The van der Waals surface area contributed by atoms with Crippen LogP contribution in [0.2, 0.25) is 0 Å². The number of ether oxygens (including phenoxy) is 1. The van der Waals surface area contributed by atoms with Gasteiger partial charge in [-0.15, -0.1) is 0 Å². The molecule has 372 valence electrons. The van der Waals surface area contributed by atoms with E-state index in [0.29, 0.717) is 0 Å². The van der Waals surface area contributed by atoms with Gasteiger partial charge in [-0.05, 0) is 6.79 Å². The van der Waals surface area contributed by atoms with Crippen LogP contribution in [0.4, 0.5) is 0 Å². The van der Waals surface area contributed by atoms with Gasteiger partial charge in [0.05, 0.1) is 0 Å². The third-order valence-electron chi connectivity index (χ3n) is 0.479. The van der Waals surface area contributed by atoms with Crippen molar-refractivity contribution in [1.29, 1.82) is 142 Å². The summed E-state index contributed by atoms with van der Waals surface area (Å²) in [6, 6.07) is 17.3. The summed E-state index contributed by atoms with van der Waals surface area (Å²) >= 11 is 0. The molecule has 0 aromatic rings. The second-order valence-electron chi connectivity index (χ2n) is 2.26. The Hall–Kier alpha value is -12.3. The van der Waals surface area contributed by atoms with Gasteiger partial charge >= 0.3 is 35.6 Å². The molecule has 42 heteroatoms. The zero-order chi connectivity index (χ0) is 58.1. The van der Waals surface area contributed by atoms with Gasteiger partial charge in [-0.25, -0.2) is 0 Å². The summed E-state index contributed by atoms with van der Waals surface area (Å²) in [5, 5.41) is 223. The first-order chi connectivity index (χ1) is 31.1. The van der Waals surface area contributed by atoms with E-state index in [1.54, 1.807) is 0 Å². The number of carboxylic acid groups (broad SMARTS) is 1. The van der Waals surface area contributed by atoms with E-state index in [1.165, 1.54) is 91.2 Å². The Balaban J connectivity index is -0.00000000874. The molecule has 6 N–H and O–H groups in total. The zero-order valence-electron chi connectivity index (χ0n) is 34.7. The summed E-state index contributed by atoms with van der Waals surface area (Å²) in [6.45, 7) is 50.2. The maximum absolute atomic E-state index is 8.49. The monoisotopic (exact) mass is 1190 g/mol. The van der Waals surface area contributed by atoms with Crippen LogP contribution in [0.25, 0.3) is 0 Å². The maximum atomic E-state index is 8.49. The molecule has 0 saturated carbocycles. The molecule has 2 radical (unpaired) electrons. The second-order valence-corrected chi connectivity index (χ2v) is 2.26. The van der Waals surface area contributed by atoms with E-state index in [2.05, 4.69) is 4.74 Å². The first kappa shape index (κ1) is 233. The molecule has 72 heavy (non-hydrogen) atoms. The van der Waals surface area contributed by atoms with E-state index in [0.717, 1.165) is 6.26 Å². The molecule has 0 aromatic carbocycles. The van der Waals surface area contributed by atoms with Gasteiger partial charge in [-0.2, -0.15) is 84.2 Å². The molecule has 0 spiro atoms. The average molecular weight is 1190 g/mol. The Bertz CT molecular complexity index is 1400. The minimum Gasteiger partial charge on any atom is -0.870 e. The minimum atomic E-state index is -1.00. The number of aliphatic hydroxyl groups excluding tert-OH is 3. The first-order valence-electron chi connectivity index (χ1n) is 9.90. The van der Waals surface area contributed by atoms with Gasteiger partial charge in [0, 0.05) is 57.7 Å². The molecule has 0 fully saturated rings. The van der Waals surface area contributed by atoms with Gasteiger partial charge in [0.25, 0.3) is 12.5 Å². The summed E-state index contributed by atoms with van der Waals surface area (Å²) in [6.07, 6.45) is 2.02. The molecule has 0 atom stereocenters. The Morgan fingerprint density at radius 2 is 0.431 bits per heavy atom. The Labute approximate surface area is 467 Å². The van der Waals surface area contributed by atoms with Crippen LogP contribution in [0, 0.1) is 312 Å². The Kier molecular flexibility index (Phi) is 10800. The van der Waals surface area contributed by atoms with Crippen molar-refractivity contribution >= 4 is 6.47 Å². The number of aliphatic hydroxyl groups is 3. The molecule has 0 amide bonds. The van der Waals surface area contributed by atoms with Gasteiger partial charge in [0.2, 0.25) is 0 Å². The number of carbonyl (C=O) groups excluding carboxylic acids is 1. The number of rotatable bonds is 1. The fraction of sp³-hybridized carbons (Fsp3) is 0.0667. The fourth-order valence-corrected chi connectivity index (χ4v) is 0.0289. The summed E-state index contributed by atoms with van der Waals surface area (Å²) in [5.41, 5.74) is 0. The molecule has 0 aliphatic carbocycles. The predicted molar refractivity (Wildman–Crippen MR) is 175 cm³/mol. The Morgan fingerprint density at radius 1 is 0.375 bits per heavy atom. The van der Waals surface area contributed by atoms with Crippen molar-refractivity contribution < 1.29 is 138 Å². The molecule has 0 saturated heterocycles. The smallest absolute Gasteiger partial charge is 0.870 e. The normalized spacial score (nSPS) is 2.18. The molecular weight excluding hydrogens is 1180 g/mol. The van der Waals surface area contributed by atoms with Crippen LogP contribution >= 0.6 is 0 Å². The molecule has 0 aromatic heterocycles.